The van der Waals surface area contributed by atoms with E-state index >= 15 is 0 Å². The number of terminal acetylenes is 1. The lowest BCUT2D eigenvalue weighted by Crippen LogP contribution is -2.27. The van der Waals surface area contributed by atoms with Gasteiger partial charge in [0.25, 0.3) is 5.69 Å². The highest BCUT2D eigenvalue weighted by Crippen LogP contribution is 2.36. The first-order valence-electron chi connectivity index (χ1n) is 7.67. The van der Waals surface area contributed by atoms with Crippen molar-refractivity contribution in [3.05, 3.63) is 75.3 Å². The molecule has 0 fully saturated rings. The topological polar surface area (TPSA) is 46.4 Å². The standard InChI is InChI=1S/C19H18N2O2/c1-2-13-20(14-15-7-10-17(11-8-15)21(22)23)19-12-9-16-5-3-4-6-18(16)19/h1,3-8,10-11,19H,9,12-14H2. The maximum absolute atomic E-state index is 10.8. The van der Waals surface area contributed by atoms with Gasteiger partial charge in [-0.25, -0.2) is 0 Å². The Labute approximate surface area is 135 Å². The highest BCUT2D eigenvalue weighted by atomic mass is 16.6. The molecule has 2 aromatic carbocycles. The van der Waals surface area contributed by atoms with Crippen LogP contribution in [0.3, 0.4) is 0 Å². The summed E-state index contributed by atoms with van der Waals surface area (Å²) in [5.41, 5.74) is 3.89. The summed E-state index contributed by atoms with van der Waals surface area (Å²) in [6, 6.07) is 15.5. The number of hydrogen-bond donors (Lipinski definition) is 0. The quantitative estimate of drug-likeness (QED) is 0.480. The van der Waals surface area contributed by atoms with Crippen molar-refractivity contribution >= 4 is 5.69 Å². The molecule has 0 saturated carbocycles. The van der Waals surface area contributed by atoms with Gasteiger partial charge in [0.05, 0.1) is 11.5 Å². The van der Waals surface area contributed by atoms with E-state index in [2.05, 4.69) is 35.1 Å². The van der Waals surface area contributed by atoms with Crippen LogP contribution in [0.2, 0.25) is 0 Å². The predicted molar refractivity (Wildman–Crippen MR) is 89.8 cm³/mol. The molecule has 0 radical (unpaired) electrons. The van der Waals surface area contributed by atoms with Gasteiger partial charge in [0, 0.05) is 24.7 Å². The van der Waals surface area contributed by atoms with Gasteiger partial charge in [0.1, 0.15) is 0 Å². The normalized spacial score (nSPS) is 16.1. The monoisotopic (exact) mass is 306 g/mol. The molecule has 1 atom stereocenters. The Morgan fingerprint density at radius 1 is 1.22 bits per heavy atom. The molecule has 2 aromatic rings. The molecule has 0 N–H and O–H groups in total. The van der Waals surface area contributed by atoms with Gasteiger partial charge in [-0.2, -0.15) is 0 Å². The summed E-state index contributed by atoms with van der Waals surface area (Å²) in [6.45, 7) is 1.26. The molecule has 0 aromatic heterocycles. The predicted octanol–water partition coefficient (Wildman–Crippen LogP) is 3.72. The molecular formula is C19H18N2O2. The molecule has 0 heterocycles. The second kappa shape index (κ2) is 6.64. The fraction of sp³-hybridized carbons (Fsp3) is 0.263. The van der Waals surface area contributed by atoms with Crippen molar-refractivity contribution < 1.29 is 4.92 Å². The van der Waals surface area contributed by atoms with Crippen molar-refractivity contribution in [2.45, 2.75) is 25.4 Å². The smallest absolute Gasteiger partial charge is 0.269 e. The second-order valence-electron chi connectivity index (χ2n) is 5.79. The third-order valence-electron chi connectivity index (χ3n) is 4.37. The van der Waals surface area contributed by atoms with E-state index < -0.39 is 0 Å². The van der Waals surface area contributed by atoms with Crippen LogP contribution in [0.4, 0.5) is 5.69 Å². The molecular weight excluding hydrogens is 288 g/mol. The van der Waals surface area contributed by atoms with Crippen molar-refractivity contribution in [1.82, 2.24) is 4.90 Å². The van der Waals surface area contributed by atoms with Crippen LogP contribution in [0.5, 0.6) is 0 Å². The largest absolute Gasteiger partial charge is 0.281 e. The molecule has 0 aliphatic heterocycles. The van der Waals surface area contributed by atoms with E-state index in [1.807, 2.05) is 12.1 Å². The van der Waals surface area contributed by atoms with Gasteiger partial charge in [-0.3, -0.25) is 15.0 Å². The van der Waals surface area contributed by atoms with Crippen molar-refractivity contribution in [2.75, 3.05) is 6.54 Å². The Kier molecular flexibility index (Phi) is 4.40. The number of aryl methyl sites for hydroxylation is 1. The lowest BCUT2D eigenvalue weighted by atomic mass is 10.1. The molecule has 4 nitrogen and oxygen atoms in total. The third kappa shape index (κ3) is 3.25. The molecule has 116 valence electrons. The maximum Gasteiger partial charge on any atom is 0.269 e. The van der Waals surface area contributed by atoms with Gasteiger partial charge in [-0.1, -0.05) is 42.3 Å². The van der Waals surface area contributed by atoms with Crippen molar-refractivity contribution in [3.63, 3.8) is 0 Å². The van der Waals surface area contributed by atoms with Crippen LogP contribution in [-0.4, -0.2) is 16.4 Å². The van der Waals surface area contributed by atoms with E-state index in [1.165, 1.54) is 11.1 Å². The molecule has 0 amide bonds. The van der Waals surface area contributed by atoms with Crippen LogP contribution < -0.4 is 0 Å². The van der Waals surface area contributed by atoms with E-state index in [-0.39, 0.29) is 10.6 Å². The number of nitrogens with zero attached hydrogens (tertiary/aromatic N) is 2. The summed E-state index contributed by atoms with van der Waals surface area (Å²) >= 11 is 0. The van der Waals surface area contributed by atoms with Crippen LogP contribution in [0.25, 0.3) is 0 Å². The first-order valence-corrected chi connectivity index (χ1v) is 7.67. The Morgan fingerprint density at radius 3 is 2.65 bits per heavy atom. The van der Waals surface area contributed by atoms with Crippen LogP contribution >= 0.6 is 0 Å². The van der Waals surface area contributed by atoms with E-state index in [4.69, 9.17) is 6.42 Å². The molecule has 0 saturated heterocycles. The van der Waals surface area contributed by atoms with E-state index in [0.717, 1.165) is 18.4 Å². The van der Waals surface area contributed by atoms with Gasteiger partial charge < -0.3 is 0 Å². The Morgan fingerprint density at radius 2 is 1.96 bits per heavy atom. The fourth-order valence-electron chi connectivity index (χ4n) is 3.27. The molecule has 0 spiro atoms. The number of hydrogen-bond acceptors (Lipinski definition) is 3. The fourth-order valence-corrected chi connectivity index (χ4v) is 3.27. The molecule has 23 heavy (non-hydrogen) atoms. The zero-order valence-corrected chi connectivity index (χ0v) is 12.8. The minimum atomic E-state index is -0.379. The second-order valence-corrected chi connectivity index (χ2v) is 5.79. The average Bonchev–Trinajstić information content (AvgIpc) is 2.99. The zero-order valence-electron chi connectivity index (χ0n) is 12.8. The Bertz CT molecular complexity index is 747. The minimum Gasteiger partial charge on any atom is -0.281 e. The molecule has 4 heteroatoms. The number of non-ortho nitro benzene ring substituents is 1. The van der Waals surface area contributed by atoms with Crippen molar-refractivity contribution in [3.8, 4) is 12.3 Å². The lowest BCUT2D eigenvalue weighted by molar-refractivity contribution is -0.384. The molecule has 1 unspecified atom stereocenters. The third-order valence-corrected chi connectivity index (χ3v) is 4.37. The average molecular weight is 306 g/mol. The van der Waals surface area contributed by atoms with E-state index in [1.54, 1.807) is 12.1 Å². The van der Waals surface area contributed by atoms with Gasteiger partial charge in [0.2, 0.25) is 0 Å². The molecule has 1 aliphatic carbocycles. The number of benzene rings is 2. The first-order chi connectivity index (χ1) is 11.2. The molecule has 1 aliphatic rings. The van der Waals surface area contributed by atoms with Gasteiger partial charge in [-0.05, 0) is 29.5 Å². The summed E-state index contributed by atoms with van der Waals surface area (Å²) in [4.78, 5) is 12.6. The van der Waals surface area contributed by atoms with Crippen molar-refractivity contribution in [1.29, 1.82) is 0 Å². The number of fused-ring (bicyclic) bond motifs is 1. The SMILES string of the molecule is C#CCN(Cc1ccc([N+](=O)[O-])cc1)C1CCc2ccccc21. The summed E-state index contributed by atoms with van der Waals surface area (Å²) in [7, 11) is 0. The minimum absolute atomic E-state index is 0.114. The van der Waals surface area contributed by atoms with E-state index in [9.17, 15) is 10.1 Å². The zero-order chi connectivity index (χ0) is 16.2. The van der Waals surface area contributed by atoms with Gasteiger partial charge >= 0.3 is 0 Å². The Hall–Kier alpha value is -2.64. The first kappa shape index (κ1) is 15.3. The highest BCUT2D eigenvalue weighted by molar-refractivity contribution is 5.36. The van der Waals surface area contributed by atoms with Crippen molar-refractivity contribution in [2.24, 2.45) is 0 Å². The lowest BCUT2D eigenvalue weighted by Gasteiger charge is -2.27. The van der Waals surface area contributed by atoms with Crippen LogP contribution in [0.15, 0.2) is 48.5 Å². The number of nitro groups is 1. The Balaban J connectivity index is 1.80. The summed E-state index contributed by atoms with van der Waals surface area (Å²) in [6.07, 6.45) is 7.69. The molecule has 0 bridgehead atoms. The van der Waals surface area contributed by atoms with Crippen LogP contribution in [0.1, 0.15) is 29.2 Å². The maximum atomic E-state index is 10.8. The van der Waals surface area contributed by atoms with Crippen LogP contribution in [-0.2, 0) is 13.0 Å². The van der Waals surface area contributed by atoms with Crippen LogP contribution in [0, 0.1) is 22.5 Å². The summed E-state index contributed by atoms with van der Waals surface area (Å²) in [5.74, 6) is 2.74. The summed E-state index contributed by atoms with van der Waals surface area (Å²) < 4.78 is 0. The molecule has 3 rings (SSSR count). The number of nitro benzene ring substituents is 1. The van der Waals surface area contributed by atoms with Gasteiger partial charge in [0.15, 0.2) is 0 Å². The van der Waals surface area contributed by atoms with E-state index in [0.29, 0.717) is 19.1 Å². The summed E-state index contributed by atoms with van der Waals surface area (Å²) in [5, 5.41) is 10.8. The van der Waals surface area contributed by atoms with Gasteiger partial charge in [-0.15, -0.1) is 6.42 Å². The number of rotatable bonds is 5. The highest BCUT2D eigenvalue weighted by Gasteiger charge is 2.27.